The van der Waals surface area contributed by atoms with E-state index in [9.17, 15) is 9.59 Å². The molecule has 112 valence electrons. The maximum absolute atomic E-state index is 12.3. The second-order valence-electron chi connectivity index (χ2n) is 5.19. The van der Waals surface area contributed by atoms with E-state index in [1.54, 1.807) is 10.8 Å². The number of aromatic nitrogens is 2. The molecule has 0 aromatic carbocycles. The van der Waals surface area contributed by atoms with E-state index in [0.29, 0.717) is 22.8 Å². The van der Waals surface area contributed by atoms with Gasteiger partial charge in [0, 0.05) is 25.9 Å². The zero-order valence-electron chi connectivity index (χ0n) is 11.8. The van der Waals surface area contributed by atoms with Gasteiger partial charge in [-0.1, -0.05) is 6.92 Å². The second-order valence-corrected chi connectivity index (χ2v) is 6.35. The minimum Gasteiger partial charge on any atom is -0.378 e. The number of halogens is 1. The zero-order chi connectivity index (χ0) is 14.5. The molecule has 1 fully saturated rings. The molecule has 0 aliphatic carbocycles. The summed E-state index contributed by atoms with van der Waals surface area (Å²) in [6, 6.07) is 0. The van der Waals surface area contributed by atoms with E-state index < -0.39 is 0 Å². The molecule has 1 saturated heterocycles. The lowest BCUT2D eigenvalue weighted by atomic mass is 10.1. The summed E-state index contributed by atoms with van der Waals surface area (Å²) in [6.45, 7) is 4.00. The van der Waals surface area contributed by atoms with Crippen molar-refractivity contribution in [2.24, 2.45) is 0 Å². The molecule has 0 radical (unpaired) electrons. The molecule has 2 heterocycles. The Kier molecular flexibility index (Phi) is 5.83. The first kappa shape index (κ1) is 15.8. The molecule has 1 unspecified atom stereocenters. The van der Waals surface area contributed by atoms with Crippen LogP contribution in [0.2, 0.25) is 0 Å². The van der Waals surface area contributed by atoms with E-state index >= 15 is 0 Å². The molecule has 6 heteroatoms. The van der Waals surface area contributed by atoms with Crippen molar-refractivity contribution < 1.29 is 4.74 Å². The first-order valence-electron chi connectivity index (χ1n) is 7.25. The van der Waals surface area contributed by atoms with Gasteiger partial charge in [-0.05, 0) is 54.7 Å². The summed E-state index contributed by atoms with van der Waals surface area (Å²) in [6.07, 6.45) is 6.80. The lowest BCUT2D eigenvalue weighted by molar-refractivity contribution is 0.101. The summed E-state index contributed by atoms with van der Waals surface area (Å²) in [5.74, 6) is 0. The Bertz CT molecular complexity index is 559. The highest BCUT2D eigenvalue weighted by atomic mass is 127. The number of ether oxygens (including phenoxy) is 1. The molecule has 20 heavy (non-hydrogen) atoms. The largest absolute Gasteiger partial charge is 0.378 e. The van der Waals surface area contributed by atoms with Gasteiger partial charge in [-0.15, -0.1) is 0 Å². The Morgan fingerprint density at radius 3 is 2.85 bits per heavy atom. The van der Waals surface area contributed by atoms with Crippen LogP contribution < -0.4 is 11.2 Å². The molecular weight excluding hydrogens is 371 g/mol. The number of nitrogens with zero attached hydrogens (tertiary/aromatic N) is 2. The van der Waals surface area contributed by atoms with Crippen LogP contribution >= 0.6 is 22.6 Å². The summed E-state index contributed by atoms with van der Waals surface area (Å²) in [4.78, 5) is 24.3. The third-order valence-corrected chi connectivity index (χ3v) is 4.33. The summed E-state index contributed by atoms with van der Waals surface area (Å²) in [7, 11) is 0. The molecule has 0 bridgehead atoms. The average molecular weight is 392 g/mol. The zero-order valence-corrected chi connectivity index (χ0v) is 14.0. The van der Waals surface area contributed by atoms with Crippen molar-refractivity contribution in [2.45, 2.75) is 58.2 Å². The summed E-state index contributed by atoms with van der Waals surface area (Å²) in [5.41, 5.74) is -0.361. The van der Waals surface area contributed by atoms with Gasteiger partial charge in [0.2, 0.25) is 0 Å². The second kappa shape index (κ2) is 7.40. The highest BCUT2D eigenvalue weighted by Crippen LogP contribution is 2.16. The Morgan fingerprint density at radius 1 is 1.40 bits per heavy atom. The fourth-order valence-electron chi connectivity index (χ4n) is 2.57. The Morgan fingerprint density at radius 2 is 2.20 bits per heavy atom. The fourth-order valence-corrected chi connectivity index (χ4v) is 3.19. The third-order valence-electron chi connectivity index (χ3n) is 3.59. The van der Waals surface area contributed by atoms with E-state index in [0.717, 1.165) is 38.7 Å². The van der Waals surface area contributed by atoms with Gasteiger partial charge in [-0.25, -0.2) is 4.79 Å². The lowest BCUT2D eigenvalue weighted by Crippen LogP contribution is -2.41. The molecule has 0 spiro atoms. The summed E-state index contributed by atoms with van der Waals surface area (Å²) >= 11 is 2.00. The number of aryl methyl sites for hydroxylation is 1. The van der Waals surface area contributed by atoms with Crippen molar-refractivity contribution in [1.29, 1.82) is 0 Å². The van der Waals surface area contributed by atoms with Gasteiger partial charge >= 0.3 is 5.69 Å². The summed E-state index contributed by atoms with van der Waals surface area (Å²) < 4.78 is 9.17. The van der Waals surface area contributed by atoms with Gasteiger partial charge in [0.05, 0.1) is 9.67 Å². The average Bonchev–Trinajstić information content (AvgIpc) is 2.93. The molecule has 1 aliphatic heterocycles. The van der Waals surface area contributed by atoms with E-state index in [4.69, 9.17) is 4.74 Å². The Labute approximate surface area is 132 Å². The number of hydrogen-bond donors (Lipinski definition) is 0. The van der Waals surface area contributed by atoms with E-state index in [2.05, 4.69) is 0 Å². The van der Waals surface area contributed by atoms with Gasteiger partial charge in [0.1, 0.15) is 0 Å². The topological polar surface area (TPSA) is 53.2 Å². The molecule has 5 nitrogen and oxygen atoms in total. The van der Waals surface area contributed by atoms with Gasteiger partial charge in [0.25, 0.3) is 5.56 Å². The van der Waals surface area contributed by atoms with Crippen LogP contribution in [0.25, 0.3) is 0 Å². The van der Waals surface area contributed by atoms with Crippen LogP contribution in [0.5, 0.6) is 0 Å². The highest BCUT2D eigenvalue weighted by Gasteiger charge is 2.15. The van der Waals surface area contributed by atoms with Crippen LogP contribution in [0.1, 0.15) is 39.0 Å². The quantitative estimate of drug-likeness (QED) is 0.696. The van der Waals surface area contributed by atoms with Crippen molar-refractivity contribution in [3.63, 3.8) is 0 Å². The molecule has 0 amide bonds. The van der Waals surface area contributed by atoms with Crippen LogP contribution in [-0.4, -0.2) is 21.8 Å². The SMILES string of the molecule is CCCn1cc(I)c(=O)n(CCCC2CCCO2)c1=O. The molecule has 1 atom stereocenters. The Hall–Kier alpha value is -0.630. The predicted octanol–water partition coefficient (Wildman–Crippen LogP) is 1.98. The van der Waals surface area contributed by atoms with Crippen LogP contribution in [0.4, 0.5) is 0 Å². The predicted molar refractivity (Wildman–Crippen MR) is 86.2 cm³/mol. The normalized spacial score (nSPS) is 18.6. The summed E-state index contributed by atoms with van der Waals surface area (Å²) in [5, 5.41) is 0. The Balaban J connectivity index is 2.09. The molecule has 1 aromatic rings. The van der Waals surface area contributed by atoms with Crippen LogP contribution in [0, 0.1) is 3.57 Å². The first-order valence-corrected chi connectivity index (χ1v) is 8.32. The molecule has 0 saturated carbocycles. The van der Waals surface area contributed by atoms with Gasteiger partial charge in [0.15, 0.2) is 0 Å². The first-order chi connectivity index (χ1) is 9.63. The van der Waals surface area contributed by atoms with Crippen molar-refractivity contribution in [1.82, 2.24) is 9.13 Å². The van der Waals surface area contributed by atoms with Crippen molar-refractivity contribution in [3.8, 4) is 0 Å². The molecule has 2 rings (SSSR count). The van der Waals surface area contributed by atoms with Crippen LogP contribution in [-0.2, 0) is 17.8 Å². The van der Waals surface area contributed by atoms with Gasteiger partial charge in [-0.2, -0.15) is 0 Å². The lowest BCUT2D eigenvalue weighted by Gasteiger charge is -2.12. The van der Waals surface area contributed by atoms with Gasteiger partial charge in [-0.3, -0.25) is 13.9 Å². The third kappa shape index (κ3) is 3.72. The molecular formula is C14H21IN2O3. The molecule has 1 aromatic heterocycles. The van der Waals surface area contributed by atoms with E-state index in [1.807, 2.05) is 29.5 Å². The van der Waals surface area contributed by atoms with E-state index in [1.165, 1.54) is 4.57 Å². The standard InChI is InChI=1S/C14H21IN2O3/c1-2-7-16-10-12(15)13(18)17(14(16)19)8-3-5-11-6-4-9-20-11/h10-11H,2-9H2,1H3. The van der Waals surface area contributed by atoms with Crippen molar-refractivity contribution in [3.05, 3.63) is 30.6 Å². The number of hydrogen-bond acceptors (Lipinski definition) is 3. The molecule has 0 N–H and O–H groups in total. The minimum atomic E-state index is -0.190. The number of rotatable bonds is 6. The highest BCUT2D eigenvalue weighted by molar-refractivity contribution is 14.1. The van der Waals surface area contributed by atoms with E-state index in [-0.39, 0.29) is 11.2 Å². The monoisotopic (exact) mass is 392 g/mol. The van der Waals surface area contributed by atoms with Gasteiger partial charge < -0.3 is 4.74 Å². The smallest absolute Gasteiger partial charge is 0.331 e. The molecule has 1 aliphatic rings. The van der Waals surface area contributed by atoms with Crippen LogP contribution in [0.3, 0.4) is 0 Å². The van der Waals surface area contributed by atoms with Crippen molar-refractivity contribution >= 4 is 22.6 Å². The van der Waals surface area contributed by atoms with Crippen molar-refractivity contribution in [2.75, 3.05) is 6.61 Å². The maximum atomic E-state index is 12.3. The van der Waals surface area contributed by atoms with Crippen LogP contribution in [0.15, 0.2) is 15.8 Å². The maximum Gasteiger partial charge on any atom is 0.331 e. The fraction of sp³-hybridized carbons (Fsp3) is 0.714. The minimum absolute atomic E-state index is 0.171.